The van der Waals surface area contributed by atoms with E-state index in [1.165, 1.54) is 0 Å². The maximum atomic E-state index is 10.8. The third kappa shape index (κ3) is 1.61. The molecular formula is C11H12N2O3. The second kappa shape index (κ2) is 3.86. The lowest BCUT2D eigenvalue weighted by atomic mass is 10.1. The number of ether oxygens (including phenoxy) is 1. The zero-order valence-corrected chi connectivity index (χ0v) is 8.73. The van der Waals surface area contributed by atoms with Crippen LogP contribution in [0, 0.1) is 0 Å². The Balaban J connectivity index is 2.53. The summed E-state index contributed by atoms with van der Waals surface area (Å²) in [6, 6.07) is 4.35. The van der Waals surface area contributed by atoms with Gasteiger partial charge < -0.3 is 20.6 Å². The van der Waals surface area contributed by atoms with E-state index in [9.17, 15) is 4.79 Å². The number of methoxy groups -OCH3 is 1. The molecule has 0 aliphatic rings. The largest absolute Gasteiger partial charge is 0.497 e. The molecule has 4 N–H and O–H groups in total. The Hall–Kier alpha value is -2.01. The molecule has 1 aromatic heterocycles. The highest BCUT2D eigenvalue weighted by molar-refractivity contribution is 5.89. The van der Waals surface area contributed by atoms with Crippen molar-refractivity contribution in [3.63, 3.8) is 0 Å². The van der Waals surface area contributed by atoms with Crippen LogP contribution in [0.2, 0.25) is 0 Å². The Labute approximate surface area is 91.8 Å². The van der Waals surface area contributed by atoms with Crippen molar-refractivity contribution < 1.29 is 14.6 Å². The van der Waals surface area contributed by atoms with Gasteiger partial charge in [0.1, 0.15) is 11.8 Å². The highest BCUT2D eigenvalue weighted by atomic mass is 16.5. The van der Waals surface area contributed by atoms with E-state index in [1.54, 1.807) is 31.5 Å². The van der Waals surface area contributed by atoms with Crippen molar-refractivity contribution in [3.05, 3.63) is 30.0 Å². The van der Waals surface area contributed by atoms with Crippen LogP contribution in [0.3, 0.4) is 0 Å². The molecule has 0 saturated heterocycles. The van der Waals surface area contributed by atoms with Crippen LogP contribution in [0.5, 0.6) is 5.75 Å². The van der Waals surface area contributed by atoms with E-state index < -0.39 is 12.0 Å². The molecule has 2 aromatic rings. The Morgan fingerprint density at radius 2 is 2.31 bits per heavy atom. The third-order valence-corrected chi connectivity index (χ3v) is 2.52. The van der Waals surface area contributed by atoms with E-state index in [2.05, 4.69) is 4.98 Å². The lowest BCUT2D eigenvalue weighted by Gasteiger charge is -2.04. The minimum Gasteiger partial charge on any atom is -0.497 e. The first-order chi connectivity index (χ1) is 7.63. The SMILES string of the molecule is COc1ccc2c(C(N)C(=O)O)c[nH]c2c1. The van der Waals surface area contributed by atoms with E-state index in [0.717, 1.165) is 10.9 Å². The van der Waals surface area contributed by atoms with Crippen molar-refractivity contribution in [3.8, 4) is 5.75 Å². The molecule has 1 unspecified atom stereocenters. The fraction of sp³-hybridized carbons (Fsp3) is 0.182. The third-order valence-electron chi connectivity index (χ3n) is 2.52. The average molecular weight is 220 g/mol. The molecule has 16 heavy (non-hydrogen) atoms. The molecule has 0 aliphatic heterocycles. The molecule has 0 saturated carbocycles. The van der Waals surface area contributed by atoms with Crippen LogP contribution < -0.4 is 10.5 Å². The van der Waals surface area contributed by atoms with E-state index in [4.69, 9.17) is 15.6 Å². The predicted octanol–water partition coefficient (Wildman–Crippen LogP) is 1.26. The number of aromatic nitrogens is 1. The second-order valence-corrected chi connectivity index (χ2v) is 3.47. The molecule has 0 bridgehead atoms. The summed E-state index contributed by atoms with van der Waals surface area (Å²) < 4.78 is 5.07. The van der Waals surface area contributed by atoms with Crippen molar-refractivity contribution in [2.24, 2.45) is 5.73 Å². The number of carbonyl (C=O) groups is 1. The fourth-order valence-electron chi connectivity index (χ4n) is 1.65. The zero-order chi connectivity index (χ0) is 11.7. The van der Waals surface area contributed by atoms with Crippen molar-refractivity contribution in [2.45, 2.75) is 6.04 Å². The van der Waals surface area contributed by atoms with Gasteiger partial charge in [-0.2, -0.15) is 0 Å². The maximum Gasteiger partial charge on any atom is 0.325 e. The number of hydrogen-bond acceptors (Lipinski definition) is 3. The van der Waals surface area contributed by atoms with Gasteiger partial charge in [-0.05, 0) is 12.1 Å². The lowest BCUT2D eigenvalue weighted by Crippen LogP contribution is -2.20. The zero-order valence-electron chi connectivity index (χ0n) is 8.73. The van der Waals surface area contributed by atoms with E-state index in [1.807, 2.05) is 0 Å². The van der Waals surface area contributed by atoms with E-state index in [0.29, 0.717) is 11.3 Å². The van der Waals surface area contributed by atoms with Crippen LogP contribution >= 0.6 is 0 Å². The van der Waals surface area contributed by atoms with E-state index in [-0.39, 0.29) is 0 Å². The molecule has 84 valence electrons. The molecule has 5 heteroatoms. The van der Waals surface area contributed by atoms with Crippen LogP contribution in [-0.4, -0.2) is 23.2 Å². The number of rotatable bonds is 3. The standard InChI is InChI=1S/C11H12N2O3/c1-16-6-2-3-7-8(10(12)11(14)15)5-13-9(7)4-6/h2-5,10,13H,12H2,1H3,(H,14,15). The van der Waals surface area contributed by atoms with Crippen LogP contribution in [0.25, 0.3) is 10.9 Å². The lowest BCUT2D eigenvalue weighted by molar-refractivity contribution is -0.138. The molecule has 0 aliphatic carbocycles. The average Bonchev–Trinajstić information content (AvgIpc) is 2.70. The summed E-state index contributed by atoms with van der Waals surface area (Å²) in [6.45, 7) is 0. The number of nitrogens with one attached hydrogen (secondary N) is 1. The summed E-state index contributed by atoms with van der Waals surface area (Å²) in [5.74, 6) is -0.332. The van der Waals surface area contributed by atoms with Gasteiger partial charge in [0.15, 0.2) is 0 Å². The monoisotopic (exact) mass is 220 g/mol. The van der Waals surface area contributed by atoms with Gasteiger partial charge in [0.25, 0.3) is 0 Å². The van der Waals surface area contributed by atoms with Crippen LogP contribution in [-0.2, 0) is 4.79 Å². The number of aliphatic carboxylic acids is 1. The van der Waals surface area contributed by atoms with Gasteiger partial charge >= 0.3 is 5.97 Å². The molecule has 1 aromatic carbocycles. The number of benzene rings is 1. The van der Waals surface area contributed by atoms with Gasteiger partial charge in [0.05, 0.1) is 7.11 Å². The number of fused-ring (bicyclic) bond motifs is 1. The number of hydrogen-bond donors (Lipinski definition) is 3. The Morgan fingerprint density at radius 1 is 1.56 bits per heavy atom. The molecule has 0 spiro atoms. The Bertz CT molecular complexity index is 533. The normalized spacial score (nSPS) is 12.6. The minimum absolute atomic E-state index is 0.574. The van der Waals surface area contributed by atoms with Gasteiger partial charge in [0, 0.05) is 28.7 Å². The molecule has 0 fully saturated rings. The number of carboxylic acids is 1. The van der Waals surface area contributed by atoms with Crippen LogP contribution in [0.15, 0.2) is 24.4 Å². The maximum absolute atomic E-state index is 10.8. The van der Waals surface area contributed by atoms with Gasteiger partial charge in [-0.15, -0.1) is 0 Å². The first-order valence-corrected chi connectivity index (χ1v) is 4.77. The van der Waals surface area contributed by atoms with Crippen molar-refractivity contribution in [2.75, 3.05) is 7.11 Å². The number of nitrogens with two attached hydrogens (primary N) is 1. The molecule has 2 rings (SSSR count). The van der Waals surface area contributed by atoms with E-state index >= 15 is 0 Å². The van der Waals surface area contributed by atoms with Gasteiger partial charge in [0.2, 0.25) is 0 Å². The highest BCUT2D eigenvalue weighted by Gasteiger charge is 2.18. The van der Waals surface area contributed by atoms with Gasteiger partial charge in [-0.3, -0.25) is 4.79 Å². The summed E-state index contributed by atoms with van der Waals surface area (Å²) >= 11 is 0. The second-order valence-electron chi connectivity index (χ2n) is 3.47. The van der Waals surface area contributed by atoms with Crippen molar-refractivity contribution >= 4 is 16.9 Å². The Morgan fingerprint density at radius 3 is 2.94 bits per heavy atom. The summed E-state index contributed by atoms with van der Waals surface area (Å²) in [5.41, 5.74) is 6.95. The molecule has 0 radical (unpaired) electrons. The molecular weight excluding hydrogens is 208 g/mol. The summed E-state index contributed by atoms with van der Waals surface area (Å²) in [7, 11) is 1.58. The minimum atomic E-state index is -1.04. The quantitative estimate of drug-likeness (QED) is 0.726. The molecule has 0 amide bonds. The summed E-state index contributed by atoms with van der Waals surface area (Å²) in [4.78, 5) is 13.8. The van der Waals surface area contributed by atoms with Crippen LogP contribution in [0.4, 0.5) is 0 Å². The van der Waals surface area contributed by atoms with Gasteiger partial charge in [-0.25, -0.2) is 0 Å². The predicted molar refractivity (Wildman–Crippen MR) is 59.4 cm³/mol. The first-order valence-electron chi connectivity index (χ1n) is 4.77. The molecule has 1 atom stereocenters. The van der Waals surface area contributed by atoms with Gasteiger partial charge in [-0.1, -0.05) is 0 Å². The van der Waals surface area contributed by atoms with Crippen LogP contribution in [0.1, 0.15) is 11.6 Å². The summed E-state index contributed by atoms with van der Waals surface area (Å²) in [6.07, 6.45) is 1.61. The summed E-state index contributed by atoms with van der Waals surface area (Å²) in [5, 5.41) is 9.65. The smallest absolute Gasteiger partial charge is 0.325 e. The Kier molecular flexibility index (Phi) is 2.54. The number of aromatic amines is 1. The van der Waals surface area contributed by atoms with Crippen molar-refractivity contribution in [1.82, 2.24) is 4.98 Å². The number of carboxylic acid groups (broad SMARTS) is 1. The topological polar surface area (TPSA) is 88.3 Å². The van der Waals surface area contributed by atoms with Crippen molar-refractivity contribution in [1.29, 1.82) is 0 Å². The first kappa shape index (κ1) is 10.5. The number of H-pyrrole nitrogens is 1. The molecule has 1 heterocycles. The molecule has 5 nitrogen and oxygen atoms in total. The highest BCUT2D eigenvalue weighted by Crippen LogP contribution is 2.26. The fourth-order valence-corrected chi connectivity index (χ4v) is 1.65.